The molecular formula is C22H20N4O3. The van der Waals surface area contributed by atoms with Crippen LogP contribution in [0, 0.1) is 6.92 Å². The van der Waals surface area contributed by atoms with Gasteiger partial charge < -0.3 is 10.8 Å². The summed E-state index contributed by atoms with van der Waals surface area (Å²) in [5, 5.41) is 10.1. The number of primary amides is 1. The fraction of sp³-hybridized carbons (Fsp3) is 0.182. The molecule has 1 aliphatic rings. The van der Waals surface area contributed by atoms with Gasteiger partial charge in [0.05, 0.1) is 12.1 Å². The minimum Gasteiger partial charge on any atom is -0.508 e. The average Bonchev–Trinajstić information content (AvgIpc) is 3.04. The number of hydrogen-bond donors (Lipinski definition) is 2. The van der Waals surface area contributed by atoms with E-state index in [2.05, 4.69) is 9.97 Å². The number of aryl methyl sites for hydroxylation is 2. The first-order valence-electron chi connectivity index (χ1n) is 9.31. The molecule has 1 aliphatic heterocycles. The highest BCUT2D eigenvalue weighted by Gasteiger charge is 2.35. The Bertz CT molecular complexity index is 1160. The van der Waals surface area contributed by atoms with Crippen molar-refractivity contribution in [1.29, 1.82) is 0 Å². The smallest absolute Gasteiger partial charge is 0.267 e. The minimum absolute atomic E-state index is 0.00336. The standard InChI is InChI=1S/C22H20N4O3/c1-3-13-5-4-6-15(9-13)26-18(28)11-16-19(20(23)29)24-21(25-22(16)26)14-8-7-12(2)17(27)10-14/h4-10,27H,3,11H2,1-2H3,(H2,23,29). The second-order valence-corrected chi connectivity index (χ2v) is 6.99. The number of carbonyl (C=O) groups is 2. The van der Waals surface area contributed by atoms with Gasteiger partial charge in [-0.15, -0.1) is 0 Å². The van der Waals surface area contributed by atoms with Crippen LogP contribution in [0.15, 0.2) is 42.5 Å². The summed E-state index contributed by atoms with van der Waals surface area (Å²) in [7, 11) is 0. The minimum atomic E-state index is -0.724. The Balaban J connectivity index is 1.92. The first-order chi connectivity index (χ1) is 13.9. The van der Waals surface area contributed by atoms with Crippen LogP contribution in [0.3, 0.4) is 0 Å². The molecule has 3 N–H and O–H groups in total. The van der Waals surface area contributed by atoms with E-state index < -0.39 is 5.91 Å². The summed E-state index contributed by atoms with van der Waals surface area (Å²) < 4.78 is 0. The Morgan fingerprint density at radius 3 is 2.69 bits per heavy atom. The molecule has 146 valence electrons. The van der Waals surface area contributed by atoms with E-state index >= 15 is 0 Å². The third-order valence-electron chi connectivity index (χ3n) is 5.05. The van der Waals surface area contributed by atoms with Crippen LogP contribution in [0.4, 0.5) is 11.5 Å². The second kappa shape index (κ2) is 7.01. The monoisotopic (exact) mass is 388 g/mol. The van der Waals surface area contributed by atoms with Crippen molar-refractivity contribution in [2.45, 2.75) is 26.7 Å². The average molecular weight is 388 g/mol. The number of hydrogen-bond acceptors (Lipinski definition) is 5. The second-order valence-electron chi connectivity index (χ2n) is 6.99. The van der Waals surface area contributed by atoms with Gasteiger partial charge in [0.25, 0.3) is 5.91 Å². The fourth-order valence-corrected chi connectivity index (χ4v) is 3.43. The number of benzene rings is 2. The number of phenolic OH excluding ortho intramolecular Hbond substituents is 1. The molecule has 0 radical (unpaired) electrons. The number of anilines is 2. The maximum absolute atomic E-state index is 12.8. The van der Waals surface area contributed by atoms with E-state index in [1.807, 2.05) is 31.2 Å². The Morgan fingerprint density at radius 2 is 2.00 bits per heavy atom. The number of fused-ring (bicyclic) bond motifs is 1. The molecule has 0 fully saturated rings. The van der Waals surface area contributed by atoms with Crippen LogP contribution in [0.2, 0.25) is 0 Å². The van der Waals surface area contributed by atoms with E-state index in [4.69, 9.17) is 5.73 Å². The topological polar surface area (TPSA) is 109 Å². The van der Waals surface area contributed by atoms with Crippen molar-refractivity contribution in [3.8, 4) is 17.1 Å². The molecule has 0 saturated carbocycles. The molecule has 0 saturated heterocycles. The van der Waals surface area contributed by atoms with Gasteiger partial charge in [-0.1, -0.05) is 31.2 Å². The molecule has 2 heterocycles. The number of phenols is 1. The predicted molar refractivity (Wildman–Crippen MR) is 109 cm³/mol. The SMILES string of the molecule is CCc1cccc(N2C(=O)Cc3c(C(N)=O)nc(-c4ccc(C)c(O)c4)nc32)c1. The van der Waals surface area contributed by atoms with Crippen molar-refractivity contribution in [2.24, 2.45) is 5.73 Å². The maximum Gasteiger partial charge on any atom is 0.267 e. The zero-order valence-corrected chi connectivity index (χ0v) is 16.1. The van der Waals surface area contributed by atoms with E-state index in [9.17, 15) is 14.7 Å². The molecule has 4 rings (SSSR count). The number of rotatable bonds is 4. The molecule has 0 bridgehead atoms. The van der Waals surface area contributed by atoms with Gasteiger partial charge >= 0.3 is 0 Å². The quantitative estimate of drug-likeness (QED) is 0.714. The van der Waals surface area contributed by atoms with Crippen molar-refractivity contribution < 1.29 is 14.7 Å². The lowest BCUT2D eigenvalue weighted by Gasteiger charge is -2.18. The van der Waals surface area contributed by atoms with Gasteiger partial charge in [-0.2, -0.15) is 0 Å². The van der Waals surface area contributed by atoms with Gasteiger partial charge in [-0.05, 0) is 42.7 Å². The van der Waals surface area contributed by atoms with E-state index in [1.165, 1.54) is 11.0 Å². The highest BCUT2D eigenvalue weighted by Crippen LogP contribution is 2.37. The van der Waals surface area contributed by atoms with Gasteiger partial charge in [-0.25, -0.2) is 9.97 Å². The van der Waals surface area contributed by atoms with Crippen LogP contribution in [-0.4, -0.2) is 26.9 Å². The van der Waals surface area contributed by atoms with Crippen LogP contribution in [0.5, 0.6) is 5.75 Å². The first-order valence-corrected chi connectivity index (χ1v) is 9.31. The van der Waals surface area contributed by atoms with Crippen LogP contribution < -0.4 is 10.6 Å². The zero-order chi connectivity index (χ0) is 20.7. The molecular weight excluding hydrogens is 368 g/mol. The van der Waals surface area contributed by atoms with Crippen molar-refractivity contribution in [3.05, 3.63) is 64.8 Å². The van der Waals surface area contributed by atoms with Crippen molar-refractivity contribution in [3.63, 3.8) is 0 Å². The number of nitrogens with zero attached hydrogens (tertiary/aromatic N) is 3. The predicted octanol–water partition coefficient (Wildman–Crippen LogP) is 3.04. The zero-order valence-electron chi connectivity index (χ0n) is 16.1. The molecule has 7 nitrogen and oxygen atoms in total. The Labute approximate surface area is 167 Å². The molecule has 1 aromatic heterocycles. The van der Waals surface area contributed by atoms with E-state index in [0.29, 0.717) is 28.2 Å². The number of aromatic hydroxyl groups is 1. The summed E-state index contributed by atoms with van der Waals surface area (Å²) in [6, 6.07) is 12.6. The van der Waals surface area contributed by atoms with Crippen LogP contribution in [0.1, 0.15) is 34.1 Å². The molecule has 29 heavy (non-hydrogen) atoms. The first kappa shape index (κ1) is 18.6. The number of nitrogens with two attached hydrogens (primary N) is 1. The molecule has 0 spiro atoms. The van der Waals surface area contributed by atoms with Gasteiger partial charge in [0.1, 0.15) is 17.3 Å². The van der Waals surface area contributed by atoms with E-state index in [-0.39, 0.29) is 29.6 Å². The summed E-state index contributed by atoms with van der Waals surface area (Å²) in [4.78, 5) is 35.3. The molecule has 7 heteroatoms. The third kappa shape index (κ3) is 3.20. The normalized spacial score (nSPS) is 12.9. The van der Waals surface area contributed by atoms with Gasteiger partial charge in [0, 0.05) is 11.1 Å². The largest absolute Gasteiger partial charge is 0.508 e. The number of amides is 2. The fourth-order valence-electron chi connectivity index (χ4n) is 3.43. The molecule has 0 unspecified atom stereocenters. The van der Waals surface area contributed by atoms with E-state index in [0.717, 1.165) is 12.0 Å². The summed E-state index contributed by atoms with van der Waals surface area (Å²) >= 11 is 0. The number of carbonyl (C=O) groups excluding carboxylic acids is 2. The highest BCUT2D eigenvalue weighted by atomic mass is 16.3. The van der Waals surface area contributed by atoms with Crippen molar-refractivity contribution in [1.82, 2.24) is 9.97 Å². The molecule has 0 aliphatic carbocycles. The number of aromatic nitrogens is 2. The van der Waals surface area contributed by atoms with Gasteiger partial charge in [0.15, 0.2) is 5.82 Å². The Morgan fingerprint density at radius 1 is 1.21 bits per heavy atom. The van der Waals surface area contributed by atoms with E-state index in [1.54, 1.807) is 19.1 Å². The molecule has 3 aromatic rings. The molecule has 0 atom stereocenters. The summed E-state index contributed by atoms with van der Waals surface area (Å²) in [6.07, 6.45) is 0.830. The van der Waals surface area contributed by atoms with Crippen LogP contribution in [0.25, 0.3) is 11.4 Å². The Hall–Kier alpha value is -3.74. The van der Waals surface area contributed by atoms with Gasteiger partial charge in [-0.3, -0.25) is 14.5 Å². The van der Waals surface area contributed by atoms with Crippen molar-refractivity contribution in [2.75, 3.05) is 4.90 Å². The molecule has 2 amide bonds. The lowest BCUT2D eigenvalue weighted by atomic mass is 10.1. The Kier molecular flexibility index (Phi) is 4.50. The lowest BCUT2D eigenvalue weighted by molar-refractivity contribution is -0.116. The summed E-state index contributed by atoms with van der Waals surface area (Å²) in [5.41, 5.74) is 8.99. The van der Waals surface area contributed by atoms with Gasteiger partial charge in [0.2, 0.25) is 5.91 Å². The highest BCUT2D eigenvalue weighted by molar-refractivity contribution is 6.09. The van der Waals surface area contributed by atoms with Crippen LogP contribution >= 0.6 is 0 Å². The van der Waals surface area contributed by atoms with Crippen LogP contribution in [-0.2, 0) is 17.6 Å². The summed E-state index contributed by atoms with van der Waals surface area (Å²) in [5.74, 6) is -0.260. The maximum atomic E-state index is 12.8. The van der Waals surface area contributed by atoms with Crippen molar-refractivity contribution >= 4 is 23.3 Å². The lowest BCUT2D eigenvalue weighted by Crippen LogP contribution is -2.22. The molecule has 2 aromatic carbocycles. The third-order valence-corrected chi connectivity index (χ3v) is 5.05. The summed E-state index contributed by atoms with van der Waals surface area (Å²) in [6.45, 7) is 3.81.